The molecule has 1 amide bonds. The first kappa shape index (κ1) is 15.7. The van der Waals surface area contributed by atoms with Crippen LogP contribution < -0.4 is 10.6 Å². The Morgan fingerprint density at radius 2 is 2.10 bits per heavy atom. The maximum atomic E-state index is 11.1. The van der Waals surface area contributed by atoms with Gasteiger partial charge in [0.25, 0.3) is 5.69 Å². The van der Waals surface area contributed by atoms with E-state index < -0.39 is 16.6 Å². The molecule has 0 aliphatic heterocycles. The topological polar surface area (TPSA) is 122 Å². The number of nitro groups is 1. The van der Waals surface area contributed by atoms with E-state index in [9.17, 15) is 19.7 Å². The molecule has 1 rings (SSSR count). The molecular weight excluding hydrogens is 290 g/mol. The van der Waals surface area contributed by atoms with Gasteiger partial charge in [0.2, 0.25) is 5.91 Å². The number of amides is 1. The van der Waals surface area contributed by atoms with Gasteiger partial charge >= 0.3 is 5.97 Å². The average molecular weight is 302 g/mol. The third kappa shape index (κ3) is 3.82. The fraction of sp³-hybridized carbons (Fsp3) is 0.273. The summed E-state index contributed by atoms with van der Waals surface area (Å²) in [5.74, 6) is -1.58. The SMILES string of the molecule is CNC(=O)CCNc1c(Cl)cc([N+](=O)[O-])cc1C(=O)O. The van der Waals surface area contributed by atoms with Crippen molar-refractivity contribution in [3.05, 3.63) is 32.8 Å². The minimum Gasteiger partial charge on any atom is -0.478 e. The van der Waals surface area contributed by atoms with Crippen LogP contribution in [0.4, 0.5) is 11.4 Å². The Kier molecular flexibility index (Phi) is 5.27. The van der Waals surface area contributed by atoms with Crippen LogP contribution in [0.1, 0.15) is 16.8 Å². The van der Waals surface area contributed by atoms with Crippen molar-refractivity contribution in [1.29, 1.82) is 0 Å². The number of carbonyl (C=O) groups excluding carboxylic acids is 1. The summed E-state index contributed by atoms with van der Waals surface area (Å²) in [7, 11) is 1.48. The van der Waals surface area contributed by atoms with Gasteiger partial charge in [0, 0.05) is 32.1 Å². The second kappa shape index (κ2) is 6.71. The molecule has 0 atom stereocenters. The molecular formula is C11H12ClN3O5. The van der Waals surface area contributed by atoms with E-state index >= 15 is 0 Å². The van der Waals surface area contributed by atoms with Gasteiger partial charge in [0.15, 0.2) is 0 Å². The van der Waals surface area contributed by atoms with Crippen molar-refractivity contribution in [1.82, 2.24) is 5.32 Å². The number of carboxylic acids is 1. The second-order valence-corrected chi connectivity index (χ2v) is 4.17. The van der Waals surface area contributed by atoms with Crippen LogP contribution in [0.25, 0.3) is 0 Å². The number of benzene rings is 1. The van der Waals surface area contributed by atoms with Gasteiger partial charge in [-0.1, -0.05) is 11.6 Å². The molecule has 3 N–H and O–H groups in total. The Morgan fingerprint density at radius 1 is 1.45 bits per heavy atom. The van der Waals surface area contributed by atoms with Crippen molar-refractivity contribution in [3.63, 3.8) is 0 Å². The summed E-state index contributed by atoms with van der Waals surface area (Å²) < 4.78 is 0. The van der Waals surface area contributed by atoms with Gasteiger partial charge in [-0.25, -0.2) is 4.79 Å². The van der Waals surface area contributed by atoms with Crippen molar-refractivity contribution in [2.24, 2.45) is 0 Å². The molecule has 0 aromatic heterocycles. The molecule has 0 bridgehead atoms. The number of carboxylic acid groups (broad SMARTS) is 1. The summed E-state index contributed by atoms with van der Waals surface area (Å²) in [6.07, 6.45) is 0.114. The fourth-order valence-corrected chi connectivity index (χ4v) is 1.75. The first-order chi connectivity index (χ1) is 9.36. The van der Waals surface area contributed by atoms with Gasteiger partial charge in [-0.2, -0.15) is 0 Å². The zero-order chi connectivity index (χ0) is 15.3. The number of nitrogens with zero attached hydrogens (tertiary/aromatic N) is 1. The lowest BCUT2D eigenvalue weighted by molar-refractivity contribution is -0.384. The van der Waals surface area contributed by atoms with Crippen molar-refractivity contribution in [2.75, 3.05) is 18.9 Å². The molecule has 9 heteroatoms. The first-order valence-corrected chi connectivity index (χ1v) is 5.90. The number of non-ortho nitro benzene ring substituents is 1. The molecule has 0 saturated carbocycles. The summed E-state index contributed by atoms with van der Waals surface area (Å²) in [6.45, 7) is 0.150. The molecule has 0 fully saturated rings. The number of nitro benzene ring substituents is 1. The van der Waals surface area contributed by atoms with E-state index in [0.717, 1.165) is 12.1 Å². The van der Waals surface area contributed by atoms with Crippen LogP contribution in [-0.2, 0) is 4.79 Å². The number of carbonyl (C=O) groups is 2. The van der Waals surface area contributed by atoms with Gasteiger partial charge in [0.1, 0.15) is 0 Å². The molecule has 108 valence electrons. The van der Waals surface area contributed by atoms with Gasteiger partial charge < -0.3 is 15.7 Å². The summed E-state index contributed by atoms with van der Waals surface area (Å²) in [6, 6.07) is 1.96. The second-order valence-electron chi connectivity index (χ2n) is 3.76. The number of halogens is 1. The zero-order valence-electron chi connectivity index (χ0n) is 10.5. The van der Waals surface area contributed by atoms with Gasteiger partial charge in [-0.15, -0.1) is 0 Å². The van der Waals surface area contributed by atoms with E-state index in [1.54, 1.807) is 0 Å². The van der Waals surface area contributed by atoms with Crippen molar-refractivity contribution >= 4 is 34.9 Å². The van der Waals surface area contributed by atoms with Crippen molar-refractivity contribution in [3.8, 4) is 0 Å². The van der Waals surface area contributed by atoms with Crippen LogP contribution in [0.5, 0.6) is 0 Å². The maximum absolute atomic E-state index is 11.1. The largest absolute Gasteiger partial charge is 0.478 e. The van der Waals surface area contributed by atoms with E-state index in [1.807, 2.05) is 0 Å². The highest BCUT2D eigenvalue weighted by Crippen LogP contribution is 2.31. The molecule has 20 heavy (non-hydrogen) atoms. The zero-order valence-corrected chi connectivity index (χ0v) is 11.2. The summed E-state index contributed by atoms with van der Waals surface area (Å²) >= 11 is 5.84. The molecule has 0 saturated heterocycles. The average Bonchev–Trinajstić information content (AvgIpc) is 2.39. The molecule has 0 spiro atoms. The van der Waals surface area contributed by atoms with E-state index in [2.05, 4.69) is 10.6 Å². The maximum Gasteiger partial charge on any atom is 0.338 e. The van der Waals surface area contributed by atoms with Crippen molar-refractivity contribution < 1.29 is 19.6 Å². The fourth-order valence-electron chi connectivity index (χ4n) is 1.47. The third-order valence-corrected chi connectivity index (χ3v) is 2.75. The Balaban J connectivity index is 3.02. The Morgan fingerprint density at radius 3 is 2.60 bits per heavy atom. The van der Waals surface area contributed by atoms with E-state index in [-0.39, 0.29) is 35.1 Å². The Bertz CT molecular complexity index is 561. The quantitative estimate of drug-likeness (QED) is 0.540. The van der Waals surface area contributed by atoms with E-state index in [4.69, 9.17) is 16.7 Å². The van der Waals surface area contributed by atoms with Gasteiger partial charge in [0.05, 0.1) is 21.2 Å². The van der Waals surface area contributed by atoms with E-state index in [0.29, 0.717) is 0 Å². The van der Waals surface area contributed by atoms with E-state index in [1.165, 1.54) is 7.05 Å². The number of nitrogens with one attached hydrogen (secondary N) is 2. The minimum atomic E-state index is -1.35. The number of hydrogen-bond donors (Lipinski definition) is 3. The summed E-state index contributed by atoms with van der Waals surface area (Å²) in [5, 5.41) is 24.7. The van der Waals surface area contributed by atoms with Crippen LogP contribution in [0, 0.1) is 10.1 Å². The first-order valence-electron chi connectivity index (χ1n) is 5.52. The monoisotopic (exact) mass is 301 g/mol. The highest BCUT2D eigenvalue weighted by Gasteiger charge is 2.20. The summed E-state index contributed by atoms with van der Waals surface area (Å²) in [4.78, 5) is 32.1. The number of aromatic carboxylic acids is 1. The minimum absolute atomic E-state index is 0.0497. The van der Waals surface area contributed by atoms with Crippen LogP contribution >= 0.6 is 11.6 Å². The standard InChI is InChI=1S/C11H12ClN3O5/c1-13-9(16)2-3-14-10-7(11(17)18)4-6(15(19)20)5-8(10)12/h4-5,14H,2-3H2,1H3,(H,13,16)(H,17,18). The Hall–Kier alpha value is -2.35. The molecule has 0 unspecified atom stereocenters. The number of rotatable bonds is 6. The molecule has 1 aromatic carbocycles. The van der Waals surface area contributed by atoms with Gasteiger partial charge in [-0.05, 0) is 0 Å². The number of anilines is 1. The van der Waals surface area contributed by atoms with Crippen LogP contribution in [-0.4, -0.2) is 35.5 Å². The lowest BCUT2D eigenvalue weighted by Crippen LogP contribution is -2.21. The highest BCUT2D eigenvalue weighted by atomic mass is 35.5. The summed E-state index contributed by atoms with van der Waals surface area (Å²) in [5.41, 5.74) is -0.681. The molecule has 0 heterocycles. The third-order valence-electron chi connectivity index (χ3n) is 2.45. The Labute approximate surface area is 118 Å². The lowest BCUT2D eigenvalue weighted by atomic mass is 10.1. The van der Waals surface area contributed by atoms with Crippen LogP contribution in [0.2, 0.25) is 5.02 Å². The highest BCUT2D eigenvalue weighted by molar-refractivity contribution is 6.34. The van der Waals surface area contributed by atoms with Gasteiger partial charge in [-0.3, -0.25) is 14.9 Å². The predicted octanol–water partition coefficient (Wildman–Crippen LogP) is 1.49. The number of hydrogen-bond acceptors (Lipinski definition) is 5. The lowest BCUT2D eigenvalue weighted by Gasteiger charge is -2.11. The van der Waals surface area contributed by atoms with Crippen molar-refractivity contribution in [2.45, 2.75) is 6.42 Å². The molecule has 8 nitrogen and oxygen atoms in total. The van der Waals surface area contributed by atoms with Crippen LogP contribution in [0.15, 0.2) is 12.1 Å². The predicted molar refractivity (Wildman–Crippen MR) is 72.2 cm³/mol. The molecule has 0 radical (unpaired) electrons. The normalized spacial score (nSPS) is 9.90. The smallest absolute Gasteiger partial charge is 0.338 e. The molecule has 0 aliphatic rings. The molecule has 1 aromatic rings. The molecule has 0 aliphatic carbocycles. The van der Waals surface area contributed by atoms with Crippen LogP contribution in [0.3, 0.4) is 0 Å².